The van der Waals surface area contributed by atoms with E-state index in [0.717, 1.165) is 35.7 Å². The van der Waals surface area contributed by atoms with Crippen molar-refractivity contribution in [3.8, 4) is 11.3 Å². The summed E-state index contributed by atoms with van der Waals surface area (Å²) >= 11 is 0. The number of nitrogens with zero attached hydrogens (tertiary/aromatic N) is 3. The Morgan fingerprint density at radius 2 is 1.54 bits per heavy atom. The Morgan fingerprint density at radius 3 is 2.14 bits per heavy atom. The van der Waals surface area contributed by atoms with E-state index in [1.54, 1.807) is 36.4 Å². The van der Waals surface area contributed by atoms with E-state index < -0.39 is 10.0 Å². The van der Waals surface area contributed by atoms with E-state index in [1.165, 1.54) is 12.8 Å². The molecule has 0 aliphatic carbocycles. The molecule has 0 bridgehead atoms. The van der Waals surface area contributed by atoms with Crippen LogP contribution in [0.1, 0.15) is 18.4 Å². The van der Waals surface area contributed by atoms with Crippen molar-refractivity contribution < 1.29 is 8.42 Å². The third-order valence-electron chi connectivity index (χ3n) is 4.84. The van der Waals surface area contributed by atoms with Crippen LogP contribution in [0.2, 0.25) is 0 Å². The van der Waals surface area contributed by atoms with E-state index in [9.17, 15) is 8.42 Å². The minimum Gasteiger partial charge on any atom is -0.355 e. The van der Waals surface area contributed by atoms with Crippen molar-refractivity contribution in [2.75, 3.05) is 22.7 Å². The first-order valence-corrected chi connectivity index (χ1v) is 10.8. The van der Waals surface area contributed by atoms with Gasteiger partial charge in [-0.3, -0.25) is 4.72 Å². The Balaban J connectivity index is 1.48. The molecule has 1 aliphatic heterocycles. The molecule has 2 aromatic carbocycles. The maximum Gasteiger partial charge on any atom is 0.261 e. The van der Waals surface area contributed by atoms with Gasteiger partial charge in [-0.2, -0.15) is 0 Å². The molecule has 0 saturated carbocycles. The number of aromatic nitrogens is 2. The van der Waals surface area contributed by atoms with Crippen LogP contribution in [-0.4, -0.2) is 31.7 Å². The van der Waals surface area contributed by atoms with Crippen molar-refractivity contribution in [1.82, 2.24) is 10.2 Å². The maximum atomic E-state index is 12.5. The lowest BCUT2D eigenvalue weighted by atomic mass is 10.1. The molecule has 1 aromatic heterocycles. The Morgan fingerprint density at radius 1 is 0.857 bits per heavy atom. The summed E-state index contributed by atoms with van der Waals surface area (Å²) in [6.45, 7) is 3.98. The molecule has 0 atom stereocenters. The molecule has 144 valence electrons. The third kappa shape index (κ3) is 3.99. The van der Waals surface area contributed by atoms with E-state index >= 15 is 0 Å². The summed E-state index contributed by atoms with van der Waals surface area (Å²) in [4.78, 5) is 2.48. The second kappa shape index (κ2) is 7.59. The van der Waals surface area contributed by atoms with Gasteiger partial charge in [-0.15, -0.1) is 10.2 Å². The molecule has 0 amide bonds. The van der Waals surface area contributed by atoms with Gasteiger partial charge >= 0.3 is 0 Å². The molecule has 3 aromatic rings. The van der Waals surface area contributed by atoms with Crippen LogP contribution in [0.3, 0.4) is 0 Å². The van der Waals surface area contributed by atoms with E-state index in [2.05, 4.69) is 19.8 Å². The van der Waals surface area contributed by atoms with Crippen LogP contribution in [0.4, 0.5) is 11.5 Å². The molecular weight excluding hydrogens is 372 g/mol. The molecule has 2 heterocycles. The molecule has 1 N–H and O–H groups in total. The monoisotopic (exact) mass is 394 g/mol. The van der Waals surface area contributed by atoms with E-state index in [4.69, 9.17) is 0 Å². The molecule has 28 heavy (non-hydrogen) atoms. The summed E-state index contributed by atoms with van der Waals surface area (Å²) in [5.41, 5.74) is 3.17. The quantitative estimate of drug-likeness (QED) is 0.711. The van der Waals surface area contributed by atoms with Crippen LogP contribution < -0.4 is 9.62 Å². The number of hydrogen-bond acceptors (Lipinski definition) is 5. The predicted molar refractivity (Wildman–Crippen MR) is 111 cm³/mol. The summed E-state index contributed by atoms with van der Waals surface area (Å²) in [6, 6.07) is 17.8. The lowest BCUT2D eigenvalue weighted by Crippen LogP contribution is -2.19. The fourth-order valence-corrected chi connectivity index (χ4v) is 4.29. The highest BCUT2D eigenvalue weighted by Crippen LogP contribution is 2.23. The zero-order valence-electron chi connectivity index (χ0n) is 15.7. The highest BCUT2D eigenvalue weighted by Gasteiger charge is 2.15. The van der Waals surface area contributed by atoms with Crippen LogP contribution in [0, 0.1) is 6.92 Å². The topological polar surface area (TPSA) is 75.2 Å². The second-order valence-corrected chi connectivity index (χ2v) is 8.65. The number of nitrogens with one attached hydrogen (secondary N) is 1. The standard InChI is InChI=1S/C21H22N4O2S/c1-16-4-10-19(11-5-16)28(26,27)24-18-8-6-17(7-9-18)20-12-13-21(23-22-20)25-14-2-3-15-25/h4-13,24H,2-3,14-15H2,1H3. The largest absolute Gasteiger partial charge is 0.355 e. The van der Waals surface area contributed by atoms with Crippen molar-refractivity contribution in [2.24, 2.45) is 0 Å². The van der Waals surface area contributed by atoms with Gasteiger partial charge in [-0.05, 0) is 56.2 Å². The van der Waals surface area contributed by atoms with Gasteiger partial charge in [0.2, 0.25) is 0 Å². The average Bonchev–Trinajstić information content (AvgIpc) is 3.24. The van der Waals surface area contributed by atoms with E-state index in [-0.39, 0.29) is 4.90 Å². The molecule has 0 radical (unpaired) electrons. The van der Waals surface area contributed by atoms with Gasteiger partial charge in [0.15, 0.2) is 5.82 Å². The molecule has 4 rings (SSSR count). The molecule has 0 unspecified atom stereocenters. The molecule has 7 heteroatoms. The third-order valence-corrected chi connectivity index (χ3v) is 6.24. The SMILES string of the molecule is Cc1ccc(S(=O)(=O)Nc2ccc(-c3ccc(N4CCCC4)nn3)cc2)cc1. The highest BCUT2D eigenvalue weighted by molar-refractivity contribution is 7.92. The first-order valence-electron chi connectivity index (χ1n) is 9.30. The normalized spacial score (nSPS) is 14.2. The smallest absolute Gasteiger partial charge is 0.261 e. The number of sulfonamides is 1. The number of benzene rings is 2. The van der Waals surface area contributed by atoms with Gasteiger partial charge < -0.3 is 4.90 Å². The van der Waals surface area contributed by atoms with Gasteiger partial charge in [0.05, 0.1) is 10.6 Å². The average molecular weight is 395 g/mol. The lowest BCUT2D eigenvalue weighted by molar-refractivity contribution is 0.601. The number of rotatable bonds is 5. The molecule has 6 nitrogen and oxygen atoms in total. The first-order chi connectivity index (χ1) is 13.5. The van der Waals surface area contributed by atoms with Crippen molar-refractivity contribution in [1.29, 1.82) is 0 Å². The summed E-state index contributed by atoms with van der Waals surface area (Å²) in [7, 11) is -3.61. The van der Waals surface area contributed by atoms with Gasteiger partial charge in [0.25, 0.3) is 10.0 Å². The summed E-state index contributed by atoms with van der Waals surface area (Å²) < 4.78 is 27.6. The summed E-state index contributed by atoms with van der Waals surface area (Å²) in [5, 5.41) is 8.65. The Hall–Kier alpha value is -2.93. The van der Waals surface area contributed by atoms with Gasteiger partial charge in [-0.1, -0.05) is 29.8 Å². The van der Waals surface area contributed by atoms with Crippen LogP contribution >= 0.6 is 0 Å². The van der Waals surface area contributed by atoms with Crippen LogP contribution in [0.25, 0.3) is 11.3 Å². The zero-order chi connectivity index (χ0) is 19.6. The predicted octanol–water partition coefficient (Wildman–Crippen LogP) is 3.85. The maximum absolute atomic E-state index is 12.5. The fourth-order valence-electron chi connectivity index (χ4n) is 3.23. The molecular formula is C21H22N4O2S. The number of aryl methyl sites for hydroxylation is 1. The Bertz CT molecular complexity index is 1040. The number of hydrogen-bond donors (Lipinski definition) is 1. The molecule has 1 fully saturated rings. The van der Waals surface area contributed by atoms with Crippen molar-refractivity contribution >= 4 is 21.5 Å². The summed E-state index contributed by atoms with van der Waals surface area (Å²) in [5.74, 6) is 0.906. The van der Waals surface area contributed by atoms with Gasteiger partial charge in [0.1, 0.15) is 0 Å². The molecule has 0 spiro atoms. The first kappa shape index (κ1) is 18.4. The molecule has 1 aliphatic rings. The molecule has 1 saturated heterocycles. The minimum atomic E-state index is -3.61. The fraction of sp³-hybridized carbons (Fsp3) is 0.238. The van der Waals surface area contributed by atoms with Crippen LogP contribution in [0.5, 0.6) is 0 Å². The Kier molecular flexibility index (Phi) is 5.00. The van der Waals surface area contributed by atoms with Crippen molar-refractivity contribution in [3.63, 3.8) is 0 Å². The van der Waals surface area contributed by atoms with Gasteiger partial charge in [-0.25, -0.2) is 8.42 Å². The zero-order valence-corrected chi connectivity index (χ0v) is 16.5. The lowest BCUT2D eigenvalue weighted by Gasteiger charge is -2.15. The summed E-state index contributed by atoms with van der Waals surface area (Å²) in [6.07, 6.45) is 2.40. The van der Waals surface area contributed by atoms with Gasteiger partial charge in [0, 0.05) is 24.3 Å². The van der Waals surface area contributed by atoms with Crippen LogP contribution in [0.15, 0.2) is 65.6 Å². The minimum absolute atomic E-state index is 0.241. The highest BCUT2D eigenvalue weighted by atomic mass is 32.2. The number of anilines is 2. The van der Waals surface area contributed by atoms with Crippen LogP contribution in [-0.2, 0) is 10.0 Å². The van der Waals surface area contributed by atoms with E-state index in [1.807, 2.05) is 31.2 Å². The van der Waals surface area contributed by atoms with E-state index in [0.29, 0.717) is 5.69 Å². The Labute approximate surface area is 165 Å². The second-order valence-electron chi connectivity index (χ2n) is 6.97. The van der Waals surface area contributed by atoms with Crippen molar-refractivity contribution in [2.45, 2.75) is 24.7 Å². The van der Waals surface area contributed by atoms with Crippen molar-refractivity contribution in [3.05, 3.63) is 66.2 Å².